The van der Waals surface area contributed by atoms with E-state index in [9.17, 15) is 0 Å². The van der Waals surface area contributed by atoms with Crippen LogP contribution in [0.15, 0.2) is 0 Å². The van der Waals surface area contributed by atoms with Crippen LogP contribution in [-0.2, 0) is 9.47 Å². The van der Waals surface area contributed by atoms with E-state index in [-0.39, 0.29) is 6.04 Å². The average Bonchev–Trinajstić information content (AvgIpc) is 2.26. The molecule has 0 radical (unpaired) electrons. The van der Waals surface area contributed by atoms with Gasteiger partial charge in [-0.1, -0.05) is 0 Å². The number of piperidine rings is 1. The maximum atomic E-state index is 6.02. The van der Waals surface area contributed by atoms with Crippen molar-refractivity contribution >= 4 is 0 Å². The summed E-state index contributed by atoms with van der Waals surface area (Å²) in [5.41, 5.74) is 6.02. The van der Waals surface area contributed by atoms with E-state index in [1.807, 2.05) is 0 Å². The van der Waals surface area contributed by atoms with E-state index >= 15 is 0 Å². The summed E-state index contributed by atoms with van der Waals surface area (Å²) in [4.78, 5) is 2.40. The Labute approximate surface area is 92.7 Å². The molecular formula is C11H24N2O2. The van der Waals surface area contributed by atoms with Crippen molar-refractivity contribution in [3.05, 3.63) is 0 Å². The number of hydrogen-bond donors (Lipinski definition) is 1. The Kier molecular flexibility index (Phi) is 6.17. The van der Waals surface area contributed by atoms with Crippen LogP contribution in [0.4, 0.5) is 0 Å². The molecule has 1 rings (SSSR count). The molecular weight excluding hydrogens is 192 g/mol. The molecule has 0 aromatic heterocycles. The van der Waals surface area contributed by atoms with Gasteiger partial charge in [0.05, 0.1) is 6.10 Å². The van der Waals surface area contributed by atoms with E-state index in [0.717, 1.165) is 32.7 Å². The quantitative estimate of drug-likeness (QED) is 0.701. The number of nitrogens with two attached hydrogens (primary N) is 1. The normalized spacial score (nSPS) is 25.4. The van der Waals surface area contributed by atoms with Crippen LogP contribution in [0.2, 0.25) is 0 Å². The summed E-state index contributed by atoms with van der Waals surface area (Å²) in [6.45, 7) is 3.89. The SMILES string of the molecule is COCCC(N)CN1CCCC(OC)C1. The fourth-order valence-corrected chi connectivity index (χ4v) is 2.06. The number of likely N-dealkylation sites (tertiary alicyclic amines) is 1. The molecule has 0 aliphatic carbocycles. The highest BCUT2D eigenvalue weighted by Gasteiger charge is 2.20. The highest BCUT2D eigenvalue weighted by atomic mass is 16.5. The molecule has 1 fully saturated rings. The minimum atomic E-state index is 0.223. The summed E-state index contributed by atoms with van der Waals surface area (Å²) >= 11 is 0. The molecule has 1 aliphatic heterocycles. The molecule has 0 bridgehead atoms. The minimum absolute atomic E-state index is 0.223. The molecule has 1 heterocycles. The first-order valence-corrected chi connectivity index (χ1v) is 5.76. The van der Waals surface area contributed by atoms with Gasteiger partial charge >= 0.3 is 0 Å². The first-order chi connectivity index (χ1) is 7.26. The topological polar surface area (TPSA) is 47.7 Å². The minimum Gasteiger partial charge on any atom is -0.385 e. The van der Waals surface area contributed by atoms with Gasteiger partial charge in [-0.15, -0.1) is 0 Å². The van der Waals surface area contributed by atoms with Crippen molar-refractivity contribution in [2.75, 3.05) is 40.5 Å². The van der Waals surface area contributed by atoms with Crippen molar-refractivity contribution in [2.24, 2.45) is 5.73 Å². The Balaban J connectivity index is 2.19. The Morgan fingerprint density at radius 3 is 2.93 bits per heavy atom. The van der Waals surface area contributed by atoms with Crippen LogP contribution in [0.1, 0.15) is 19.3 Å². The standard InChI is InChI=1S/C11H24N2O2/c1-14-7-5-10(12)8-13-6-3-4-11(9-13)15-2/h10-11H,3-9,12H2,1-2H3. The fourth-order valence-electron chi connectivity index (χ4n) is 2.06. The van der Waals surface area contributed by atoms with Gasteiger partial charge in [0.1, 0.15) is 0 Å². The molecule has 4 heteroatoms. The van der Waals surface area contributed by atoms with Crippen LogP contribution in [-0.4, -0.2) is 57.5 Å². The van der Waals surface area contributed by atoms with Gasteiger partial charge in [0, 0.05) is 40.0 Å². The zero-order valence-electron chi connectivity index (χ0n) is 9.95. The smallest absolute Gasteiger partial charge is 0.0698 e. The fraction of sp³-hybridized carbons (Fsp3) is 1.00. The van der Waals surface area contributed by atoms with Crippen molar-refractivity contribution in [1.82, 2.24) is 4.90 Å². The highest BCUT2D eigenvalue weighted by Crippen LogP contribution is 2.12. The molecule has 2 unspecified atom stereocenters. The van der Waals surface area contributed by atoms with Crippen LogP contribution in [0.3, 0.4) is 0 Å². The number of rotatable bonds is 6. The predicted octanol–water partition coefficient (Wildman–Crippen LogP) is 0.461. The molecule has 1 saturated heterocycles. The third-order valence-corrected chi connectivity index (χ3v) is 2.98. The van der Waals surface area contributed by atoms with Crippen LogP contribution >= 0.6 is 0 Å². The third-order valence-electron chi connectivity index (χ3n) is 2.98. The second kappa shape index (κ2) is 7.17. The summed E-state index contributed by atoms with van der Waals surface area (Å²) in [6.07, 6.45) is 3.73. The number of ether oxygens (including phenoxy) is 2. The Morgan fingerprint density at radius 2 is 2.27 bits per heavy atom. The monoisotopic (exact) mass is 216 g/mol. The molecule has 4 nitrogen and oxygen atoms in total. The van der Waals surface area contributed by atoms with Crippen molar-refractivity contribution in [3.63, 3.8) is 0 Å². The van der Waals surface area contributed by atoms with Gasteiger partial charge in [-0.05, 0) is 25.8 Å². The highest BCUT2D eigenvalue weighted by molar-refractivity contribution is 4.76. The first kappa shape index (κ1) is 12.9. The average molecular weight is 216 g/mol. The van der Waals surface area contributed by atoms with Gasteiger partial charge in [-0.3, -0.25) is 4.90 Å². The second-order valence-electron chi connectivity index (χ2n) is 4.30. The molecule has 2 atom stereocenters. The van der Waals surface area contributed by atoms with Crippen molar-refractivity contribution in [3.8, 4) is 0 Å². The molecule has 0 spiro atoms. The maximum absolute atomic E-state index is 6.02. The second-order valence-corrected chi connectivity index (χ2v) is 4.30. The summed E-state index contributed by atoms with van der Waals surface area (Å²) < 4.78 is 10.4. The maximum Gasteiger partial charge on any atom is 0.0698 e. The van der Waals surface area contributed by atoms with E-state index in [4.69, 9.17) is 15.2 Å². The lowest BCUT2D eigenvalue weighted by Gasteiger charge is -2.33. The molecule has 1 aliphatic rings. The Hall–Kier alpha value is -0.160. The van der Waals surface area contributed by atoms with Crippen LogP contribution in [0, 0.1) is 0 Å². The van der Waals surface area contributed by atoms with E-state index in [1.54, 1.807) is 14.2 Å². The lowest BCUT2D eigenvalue weighted by molar-refractivity contribution is 0.0283. The van der Waals surface area contributed by atoms with E-state index in [0.29, 0.717) is 6.10 Å². The predicted molar refractivity (Wildman–Crippen MR) is 60.9 cm³/mol. The van der Waals surface area contributed by atoms with Crippen LogP contribution in [0.5, 0.6) is 0 Å². The summed E-state index contributed by atoms with van der Waals surface area (Å²) in [6, 6.07) is 0.223. The molecule has 0 saturated carbocycles. The molecule has 0 aromatic carbocycles. The van der Waals surface area contributed by atoms with Gasteiger partial charge in [-0.25, -0.2) is 0 Å². The van der Waals surface area contributed by atoms with Crippen molar-refractivity contribution in [2.45, 2.75) is 31.4 Å². The first-order valence-electron chi connectivity index (χ1n) is 5.76. The molecule has 0 amide bonds. The van der Waals surface area contributed by atoms with E-state index in [2.05, 4.69) is 4.90 Å². The van der Waals surface area contributed by atoms with Crippen LogP contribution < -0.4 is 5.73 Å². The Morgan fingerprint density at radius 1 is 1.47 bits per heavy atom. The summed E-state index contributed by atoms with van der Waals surface area (Å²) in [5, 5.41) is 0. The number of hydrogen-bond acceptors (Lipinski definition) is 4. The number of methoxy groups -OCH3 is 2. The zero-order chi connectivity index (χ0) is 11.1. The molecule has 0 aromatic rings. The lowest BCUT2D eigenvalue weighted by Crippen LogP contribution is -2.45. The van der Waals surface area contributed by atoms with E-state index < -0.39 is 0 Å². The summed E-state index contributed by atoms with van der Waals surface area (Å²) in [5.74, 6) is 0. The number of nitrogens with zero attached hydrogens (tertiary/aromatic N) is 1. The van der Waals surface area contributed by atoms with Crippen molar-refractivity contribution < 1.29 is 9.47 Å². The van der Waals surface area contributed by atoms with Crippen molar-refractivity contribution in [1.29, 1.82) is 0 Å². The van der Waals surface area contributed by atoms with Gasteiger partial charge < -0.3 is 15.2 Å². The summed E-state index contributed by atoms with van der Waals surface area (Å²) in [7, 11) is 3.51. The van der Waals surface area contributed by atoms with Gasteiger partial charge in [-0.2, -0.15) is 0 Å². The molecule has 15 heavy (non-hydrogen) atoms. The largest absolute Gasteiger partial charge is 0.385 e. The molecule has 2 N–H and O–H groups in total. The molecule has 90 valence electrons. The lowest BCUT2D eigenvalue weighted by atomic mass is 10.1. The zero-order valence-corrected chi connectivity index (χ0v) is 9.95. The van der Waals surface area contributed by atoms with Gasteiger partial charge in [0.15, 0.2) is 0 Å². The third kappa shape index (κ3) is 4.93. The van der Waals surface area contributed by atoms with Gasteiger partial charge in [0.25, 0.3) is 0 Å². The van der Waals surface area contributed by atoms with Gasteiger partial charge in [0.2, 0.25) is 0 Å². The van der Waals surface area contributed by atoms with Crippen LogP contribution in [0.25, 0.3) is 0 Å². The Bertz CT molecular complexity index is 167. The van der Waals surface area contributed by atoms with E-state index in [1.165, 1.54) is 12.8 Å².